The zero-order chi connectivity index (χ0) is 13.9. The van der Waals surface area contributed by atoms with E-state index in [0.29, 0.717) is 23.9 Å². The molecule has 0 aliphatic carbocycles. The molecule has 0 saturated carbocycles. The van der Waals surface area contributed by atoms with Gasteiger partial charge < -0.3 is 10.2 Å². The van der Waals surface area contributed by atoms with Crippen molar-refractivity contribution in [3.63, 3.8) is 0 Å². The average molecular weight is 292 g/mol. The molecule has 2 aromatic rings. The highest BCUT2D eigenvalue weighted by Gasteiger charge is 2.19. The predicted octanol–water partition coefficient (Wildman–Crippen LogP) is 2.07. The molecule has 1 aromatic heterocycles. The lowest BCUT2D eigenvalue weighted by Crippen LogP contribution is -2.49. The Morgan fingerprint density at radius 1 is 1.45 bits per heavy atom. The summed E-state index contributed by atoms with van der Waals surface area (Å²) in [5, 5.41) is 4.34. The maximum absolute atomic E-state index is 13.6. The van der Waals surface area contributed by atoms with Crippen LogP contribution in [-0.4, -0.2) is 35.0 Å². The Morgan fingerprint density at radius 3 is 3.10 bits per heavy atom. The van der Waals surface area contributed by atoms with E-state index in [2.05, 4.69) is 26.5 Å². The molecule has 3 rings (SSSR count). The molecule has 6 heteroatoms. The van der Waals surface area contributed by atoms with Gasteiger partial charge in [-0.1, -0.05) is 18.2 Å². The third-order valence-corrected chi connectivity index (χ3v) is 4.22. The summed E-state index contributed by atoms with van der Waals surface area (Å²) in [6, 6.07) is 7.25. The van der Waals surface area contributed by atoms with Crippen LogP contribution in [0.1, 0.15) is 18.3 Å². The van der Waals surface area contributed by atoms with E-state index in [1.807, 2.05) is 6.07 Å². The van der Waals surface area contributed by atoms with Crippen molar-refractivity contribution in [2.45, 2.75) is 19.4 Å². The van der Waals surface area contributed by atoms with Crippen LogP contribution in [0.3, 0.4) is 0 Å². The van der Waals surface area contributed by atoms with Gasteiger partial charge in [0.15, 0.2) is 0 Å². The number of anilines is 1. The Balaban J connectivity index is 1.72. The van der Waals surface area contributed by atoms with Gasteiger partial charge in [0.2, 0.25) is 5.13 Å². The van der Waals surface area contributed by atoms with Crippen LogP contribution in [0.2, 0.25) is 0 Å². The van der Waals surface area contributed by atoms with E-state index in [1.165, 1.54) is 17.6 Å². The minimum absolute atomic E-state index is 0.195. The summed E-state index contributed by atoms with van der Waals surface area (Å²) in [6.07, 6.45) is 0.449. The van der Waals surface area contributed by atoms with Gasteiger partial charge in [0.1, 0.15) is 11.6 Å². The maximum Gasteiger partial charge on any atom is 0.205 e. The van der Waals surface area contributed by atoms with Gasteiger partial charge >= 0.3 is 0 Å². The SMILES string of the molecule is CC1CN(c2nc(Cc3ccccc3F)ns2)CCN1. The number of benzene rings is 1. The molecule has 2 heterocycles. The molecule has 1 fully saturated rings. The van der Waals surface area contributed by atoms with Gasteiger partial charge in [-0.2, -0.15) is 4.37 Å². The third kappa shape index (κ3) is 2.96. The number of halogens is 1. The number of rotatable bonds is 3. The van der Waals surface area contributed by atoms with Crippen LogP contribution in [0.4, 0.5) is 9.52 Å². The van der Waals surface area contributed by atoms with Crippen molar-refractivity contribution >= 4 is 16.7 Å². The van der Waals surface area contributed by atoms with Crippen LogP contribution in [0.15, 0.2) is 24.3 Å². The molecular formula is C14H17FN4S. The fourth-order valence-corrected chi connectivity index (χ4v) is 3.08. The van der Waals surface area contributed by atoms with E-state index in [4.69, 9.17) is 0 Å². The van der Waals surface area contributed by atoms with E-state index in [1.54, 1.807) is 12.1 Å². The number of nitrogens with zero attached hydrogens (tertiary/aromatic N) is 3. The summed E-state index contributed by atoms with van der Waals surface area (Å²) < 4.78 is 18.0. The van der Waals surface area contributed by atoms with Crippen molar-refractivity contribution < 1.29 is 4.39 Å². The molecule has 1 atom stereocenters. The van der Waals surface area contributed by atoms with Crippen molar-refractivity contribution in [2.75, 3.05) is 24.5 Å². The van der Waals surface area contributed by atoms with Crippen molar-refractivity contribution in [2.24, 2.45) is 0 Å². The first kappa shape index (κ1) is 13.5. The van der Waals surface area contributed by atoms with Gasteiger partial charge in [0.05, 0.1) is 0 Å². The number of piperazine rings is 1. The first-order valence-corrected chi connectivity index (χ1v) is 7.54. The van der Waals surface area contributed by atoms with Gasteiger partial charge in [-0.3, -0.25) is 0 Å². The minimum Gasteiger partial charge on any atom is -0.344 e. The molecule has 1 unspecified atom stereocenters. The zero-order valence-corrected chi connectivity index (χ0v) is 12.2. The molecule has 0 amide bonds. The topological polar surface area (TPSA) is 41.1 Å². The highest BCUT2D eigenvalue weighted by atomic mass is 32.1. The molecule has 106 valence electrons. The second-order valence-corrected chi connectivity index (χ2v) is 5.79. The monoisotopic (exact) mass is 292 g/mol. The summed E-state index contributed by atoms with van der Waals surface area (Å²) in [5.74, 6) is 0.501. The molecular weight excluding hydrogens is 275 g/mol. The summed E-state index contributed by atoms with van der Waals surface area (Å²) in [5.41, 5.74) is 0.644. The second kappa shape index (κ2) is 5.85. The Morgan fingerprint density at radius 2 is 2.30 bits per heavy atom. The van der Waals surface area contributed by atoms with Crippen LogP contribution in [-0.2, 0) is 6.42 Å². The van der Waals surface area contributed by atoms with Crippen molar-refractivity contribution in [3.8, 4) is 0 Å². The highest BCUT2D eigenvalue weighted by molar-refractivity contribution is 7.09. The molecule has 0 spiro atoms. The summed E-state index contributed by atoms with van der Waals surface area (Å²) in [4.78, 5) is 6.78. The largest absolute Gasteiger partial charge is 0.344 e. The predicted molar refractivity (Wildman–Crippen MR) is 78.8 cm³/mol. The second-order valence-electron chi connectivity index (χ2n) is 5.06. The summed E-state index contributed by atoms with van der Waals surface area (Å²) >= 11 is 1.40. The molecule has 20 heavy (non-hydrogen) atoms. The Kier molecular flexibility index (Phi) is 3.93. The molecule has 0 radical (unpaired) electrons. The lowest BCUT2D eigenvalue weighted by Gasteiger charge is -2.31. The average Bonchev–Trinajstić information content (AvgIpc) is 2.90. The van der Waals surface area contributed by atoms with Gasteiger partial charge in [-0.25, -0.2) is 9.37 Å². The lowest BCUT2D eigenvalue weighted by molar-refractivity contribution is 0.484. The molecule has 1 aliphatic heterocycles. The Bertz CT molecular complexity index is 586. The molecule has 0 bridgehead atoms. The minimum atomic E-state index is -0.195. The van der Waals surface area contributed by atoms with Crippen LogP contribution in [0.5, 0.6) is 0 Å². The smallest absolute Gasteiger partial charge is 0.205 e. The Labute approximate surface area is 121 Å². The summed E-state index contributed by atoms with van der Waals surface area (Å²) in [6.45, 7) is 5.00. The van der Waals surface area contributed by atoms with Crippen molar-refractivity contribution in [1.29, 1.82) is 0 Å². The zero-order valence-electron chi connectivity index (χ0n) is 11.3. The number of hydrogen-bond donors (Lipinski definition) is 1. The molecule has 1 N–H and O–H groups in total. The number of aromatic nitrogens is 2. The van der Waals surface area contributed by atoms with Crippen molar-refractivity contribution in [3.05, 3.63) is 41.5 Å². The molecule has 4 nitrogen and oxygen atoms in total. The standard InChI is InChI=1S/C14H17FN4S/c1-10-9-19(7-6-16-10)14-17-13(18-20-14)8-11-4-2-3-5-12(11)15/h2-5,10,16H,6-9H2,1H3. The normalized spacial score (nSPS) is 19.3. The Hall–Kier alpha value is -1.53. The van der Waals surface area contributed by atoms with Crippen LogP contribution in [0.25, 0.3) is 0 Å². The molecule has 1 aliphatic rings. The van der Waals surface area contributed by atoms with E-state index in [-0.39, 0.29) is 5.82 Å². The van der Waals surface area contributed by atoms with Gasteiger partial charge in [0.25, 0.3) is 0 Å². The summed E-state index contributed by atoms with van der Waals surface area (Å²) in [7, 11) is 0. The van der Waals surface area contributed by atoms with Crippen LogP contribution < -0.4 is 10.2 Å². The first-order valence-electron chi connectivity index (χ1n) is 6.76. The quantitative estimate of drug-likeness (QED) is 0.940. The van der Waals surface area contributed by atoms with Gasteiger partial charge in [-0.15, -0.1) is 0 Å². The van der Waals surface area contributed by atoms with E-state index in [9.17, 15) is 4.39 Å². The first-order chi connectivity index (χ1) is 9.72. The number of hydrogen-bond acceptors (Lipinski definition) is 5. The highest BCUT2D eigenvalue weighted by Crippen LogP contribution is 2.20. The lowest BCUT2D eigenvalue weighted by atomic mass is 10.1. The fraction of sp³-hybridized carbons (Fsp3) is 0.429. The van der Waals surface area contributed by atoms with Crippen molar-refractivity contribution in [1.82, 2.24) is 14.7 Å². The van der Waals surface area contributed by atoms with E-state index in [0.717, 1.165) is 24.8 Å². The molecule has 1 aromatic carbocycles. The molecule has 1 saturated heterocycles. The van der Waals surface area contributed by atoms with E-state index < -0.39 is 0 Å². The van der Waals surface area contributed by atoms with E-state index >= 15 is 0 Å². The van der Waals surface area contributed by atoms with Gasteiger partial charge in [0, 0.05) is 43.6 Å². The van der Waals surface area contributed by atoms with Crippen LogP contribution in [0, 0.1) is 5.82 Å². The number of nitrogens with one attached hydrogen (secondary N) is 1. The fourth-order valence-electron chi connectivity index (χ4n) is 2.36. The van der Waals surface area contributed by atoms with Crippen LogP contribution >= 0.6 is 11.5 Å². The third-order valence-electron chi connectivity index (χ3n) is 3.40. The van der Waals surface area contributed by atoms with Gasteiger partial charge in [-0.05, 0) is 18.6 Å². The maximum atomic E-state index is 13.6.